The van der Waals surface area contributed by atoms with Gasteiger partial charge in [-0.25, -0.2) is 0 Å². The highest BCUT2D eigenvalue weighted by atomic mass is 32.1. The zero-order valence-corrected chi connectivity index (χ0v) is 14.6. The molecule has 1 aliphatic heterocycles. The lowest BCUT2D eigenvalue weighted by atomic mass is 10.1. The van der Waals surface area contributed by atoms with Gasteiger partial charge in [-0.15, -0.1) is 21.5 Å². The van der Waals surface area contributed by atoms with Crippen LogP contribution in [0.15, 0.2) is 48.1 Å². The van der Waals surface area contributed by atoms with Crippen LogP contribution in [-0.2, 0) is 24.3 Å². The molecule has 3 heterocycles. The quantitative estimate of drug-likeness (QED) is 0.765. The molecule has 0 radical (unpaired) electrons. The maximum atomic E-state index is 12.4. The molecule has 0 spiro atoms. The van der Waals surface area contributed by atoms with Gasteiger partial charge in [0.05, 0.1) is 13.1 Å². The maximum Gasteiger partial charge on any atom is 0.240 e. The molecule has 3 aromatic rings. The molecule has 1 amide bonds. The van der Waals surface area contributed by atoms with E-state index in [1.165, 1.54) is 10.4 Å². The highest BCUT2D eigenvalue weighted by Crippen LogP contribution is 2.23. The second-order valence-electron chi connectivity index (χ2n) is 6.15. The van der Waals surface area contributed by atoms with Crippen molar-refractivity contribution in [2.75, 3.05) is 18.4 Å². The average molecular weight is 353 g/mol. The summed E-state index contributed by atoms with van der Waals surface area (Å²) < 4.78 is 1.85. The molecule has 7 heteroatoms. The predicted octanol–water partition coefficient (Wildman–Crippen LogP) is 2.38. The molecule has 1 aromatic carbocycles. The number of amides is 1. The summed E-state index contributed by atoms with van der Waals surface area (Å²) in [5.74, 6) is 0.433. The van der Waals surface area contributed by atoms with Gasteiger partial charge in [-0.3, -0.25) is 19.6 Å². The molecule has 0 atom stereocenters. The van der Waals surface area contributed by atoms with Crippen molar-refractivity contribution in [3.8, 4) is 0 Å². The third kappa shape index (κ3) is 3.78. The van der Waals surface area contributed by atoms with Gasteiger partial charge in [-0.1, -0.05) is 30.3 Å². The van der Waals surface area contributed by atoms with Crippen LogP contribution in [0, 0.1) is 0 Å². The van der Waals surface area contributed by atoms with Crippen molar-refractivity contribution in [3.63, 3.8) is 0 Å². The van der Waals surface area contributed by atoms with Gasteiger partial charge < -0.3 is 0 Å². The highest BCUT2D eigenvalue weighted by molar-refractivity contribution is 7.10. The van der Waals surface area contributed by atoms with E-state index in [9.17, 15) is 4.79 Å². The highest BCUT2D eigenvalue weighted by Gasteiger charge is 2.20. The van der Waals surface area contributed by atoms with Gasteiger partial charge in [-0.05, 0) is 29.0 Å². The number of fused-ring (bicyclic) bond motifs is 1. The van der Waals surface area contributed by atoms with E-state index in [0.717, 1.165) is 25.1 Å². The van der Waals surface area contributed by atoms with E-state index < -0.39 is 0 Å². The number of nitrogens with one attached hydrogen (secondary N) is 1. The van der Waals surface area contributed by atoms with Crippen LogP contribution in [0.25, 0.3) is 0 Å². The van der Waals surface area contributed by atoms with Crippen LogP contribution in [0.1, 0.15) is 16.0 Å². The van der Waals surface area contributed by atoms with Crippen LogP contribution in [-0.4, -0.2) is 38.7 Å². The van der Waals surface area contributed by atoms with Crippen LogP contribution >= 0.6 is 11.3 Å². The van der Waals surface area contributed by atoms with E-state index in [2.05, 4.69) is 31.9 Å². The van der Waals surface area contributed by atoms with Crippen LogP contribution < -0.4 is 5.32 Å². The molecule has 1 N–H and O–H groups in total. The topological polar surface area (TPSA) is 63.1 Å². The lowest BCUT2D eigenvalue weighted by Crippen LogP contribution is -2.37. The van der Waals surface area contributed by atoms with Gasteiger partial charge in [0, 0.05) is 18.0 Å². The Labute approximate surface area is 150 Å². The van der Waals surface area contributed by atoms with E-state index in [-0.39, 0.29) is 5.91 Å². The lowest BCUT2D eigenvalue weighted by molar-refractivity contribution is -0.117. The van der Waals surface area contributed by atoms with Crippen LogP contribution in [0.2, 0.25) is 0 Å². The summed E-state index contributed by atoms with van der Waals surface area (Å²) in [6.45, 7) is 2.75. The largest absolute Gasteiger partial charge is 0.295 e. The molecule has 25 heavy (non-hydrogen) atoms. The van der Waals surface area contributed by atoms with Crippen molar-refractivity contribution in [1.29, 1.82) is 0 Å². The zero-order chi connectivity index (χ0) is 17.1. The van der Waals surface area contributed by atoms with Crippen molar-refractivity contribution in [2.24, 2.45) is 0 Å². The second-order valence-corrected chi connectivity index (χ2v) is 7.15. The number of rotatable bonds is 5. The Morgan fingerprint density at radius 3 is 3.00 bits per heavy atom. The van der Waals surface area contributed by atoms with Crippen molar-refractivity contribution in [1.82, 2.24) is 19.7 Å². The summed E-state index contributed by atoms with van der Waals surface area (Å²) in [7, 11) is 0. The summed E-state index contributed by atoms with van der Waals surface area (Å²) in [4.78, 5) is 16.0. The van der Waals surface area contributed by atoms with Gasteiger partial charge in [-0.2, -0.15) is 0 Å². The maximum absolute atomic E-state index is 12.4. The van der Waals surface area contributed by atoms with Crippen LogP contribution in [0.4, 0.5) is 5.95 Å². The molecule has 0 saturated heterocycles. The molecular weight excluding hydrogens is 334 g/mol. The van der Waals surface area contributed by atoms with E-state index >= 15 is 0 Å². The number of anilines is 1. The monoisotopic (exact) mass is 353 g/mol. The normalized spacial score (nSPS) is 14.2. The first-order valence-corrected chi connectivity index (χ1v) is 9.15. The summed E-state index contributed by atoms with van der Waals surface area (Å²) in [6.07, 6.45) is 2.66. The number of hydrogen-bond acceptors (Lipinski definition) is 5. The SMILES string of the molecule is O=C(CN1CCc2sccc2C1)Nc1nncn1Cc1ccccc1. The lowest BCUT2D eigenvalue weighted by Gasteiger charge is -2.25. The minimum Gasteiger partial charge on any atom is -0.295 e. The molecule has 0 aliphatic carbocycles. The van der Waals surface area contributed by atoms with Gasteiger partial charge >= 0.3 is 0 Å². The smallest absolute Gasteiger partial charge is 0.240 e. The number of carbonyl (C=O) groups is 1. The summed E-state index contributed by atoms with van der Waals surface area (Å²) >= 11 is 1.80. The Kier molecular flexibility index (Phi) is 4.58. The molecule has 0 bridgehead atoms. The number of thiophene rings is 1. The van der Waals surface area contributed by atoms with Crippen molar-refractivity contribution in [2.45, 2.75) is 19.5 Å². The van der Waals surface area contributed by atoms with Crippen molar-refractivity contribution < 1.29 is 4.79 Å². The fourth-order valence-corrected chi connectivity index (χ4v) is 3.95. The Hall–Kier alpha value is -2.51. The van der Waals surface area contributed by atoms with E-state index in [0.29, 0.717) is 19.0 Å². The molecule has 0 fully saturated rings. The number of carbonyl (C=O) groups excluding carboxylic acids is 1. The van der Waals surface area contributed by atoms with Crippen LogP contribution in [0.3, 0.4) is 0 Å². The van der Waals surface area contributed by atoms with E-state index in [1.54, 1.807) is 17.7 Å². The van der Waals surface area contributed by atoms with Gasteiger partial charge in [0.1, 0.15) is 6.33 Å². The molecule has 4 rings (SSSR count). The van der Waals surface area contributed by atoms with Gasteiger partial charge in [0.25, 0.3) is 0 Å². The zero-order valence-electron chi connectivity index (χ0n) is 13.8. The molecule has 1 aliphatic rings. The van der Waals surface area contributed by atoms with E-state index in [1.807, 2.05) is 34.9 Å². The van der Waals surface area contributed by atoms with Crippen molar-refractivity contribution in [3.05, 3.63) is 64.1 Å². The molecular formula is C18H19N5OS. The standard InChI is InChI=1S/C18H19N5OS/c24-17(12-22-8-6-16-15(11-22)7-9-25-16)20-18-21-19-13-23(18)10-14-4-2-1-3-5-14/h1-5,7,9,13H,6,8,10-12H2,(H,20,21,24). The summed E-state index contributed by atoms with van der Waals surface area (Å²) in [5, 5.41) is 13.0. The van der Waals surface area contributed by atoms with Gasteiger partial charge in [0.15, 0.2) is 0 Å². The van der Waals surface area contributed by atoms with Gasteiger partial charge in [0.2, 0.25) is 11.9 Å². The second kappa shape index (κ2) is 7.16. The van der Waals surface area contributed by atoms with Crippen molar-refractivity contribution >= 4 is 23.2 Å². The number of nitrogens with zero attached hydrogens (tertiary/aromatic N) is 4. The summed E-state index contributed by atoms with van der Waals surface area (Å²) in [5.41, 5.74) is 2.48. The first-order valence-electron chi connectivity index (χ1n) is 8.27. The number of aromatic nitrogens is 3. The molecule has 6 nitrogen and oxygen atoms in total. The molecule has 2 aromatic heterocycles. The molecule has 0 unspecified atom stereocenters. The number of benzene rings is 1. The minimum absolute atomic E-state index is 0.0546. The first kappa shape index (κ1) is 16.0. The fourth-order valence-electron chi connectivity index (χ4n) is 3.06. The van der Waals surface area contributed by atoms with E-state index in [4.69, 9.17) is 0 Å². The molecule has 0 saturated carbocycles. The van der Waals surface area contributed by atoms with Crippen LogP contribution in [0.5, 0.6) is 0 Å². The Bertz CT molecular complexity index is 857. The predicted molar refractivity (Wildman–Crippen MR) is 97.5 cm³/mol. The Morgan fingerprint density at radius 2 is 2.12 bits per heavy atom. The summed E-state index contributed by atoms with van der Waals surface area (Å²) in [6, 6.07) is 12.2. The molecule has 128 valence electrons. The average Bonchev–Trinajstić information content (AvgIpc) is 3.25. The third-order valence-electron chi connectivity index (χ3n) is 4.32. The Morgan fingerprint density at radius 1 is 1.24 bits per heavy atom. The third-order valence-corrected chi connectivity index (χ3v) is 5.34. The number of hydrogen-bond donors (Lipinski definition) is 1. The Balaban J connectivity index is 1.36. The fraction of sp³-hybridized carbons (Fsp3) is 0.278. The first-order chi connectivity index (χ1) is 12.3. The minimum atomic E-state index is -0.0546.